The van der Waals surface area contributed by atoms with Crippen LogP contribution in [0, 0.1) is 0 Å². The highest BCUT2D eigenvalue weighted by Gasteiger charge is 2.29. The van der Waals surface area contributed by atoms with Crippen LogP contribution in [0.1, 0.15) is 41.8 Å². The highest BCUT2D eigenvalue weighted by Crippen LogP contribution is 2.29. The van der Waals surface area contributed by atoms with Crippen molar-refractivity contribution in [2.75, 3.05) is 13.7 Å². The Morgan fingerprint density at radius 1 is 1.28 bits per heavy atom. The van der Waals surface area contributed by atoms with Crippen molar-refractivity contribution >= 4 is 11.7 Å². The van der Waals surface area contributed by atoms with Crippen LogP contribution in [0.2, 0.25) is 0 Å². The number of hydrogen-bond acceptors (Lipinski definition) is 7. The van der Waals surface area contributed by atoms with Gasteiger partial charge in [-0.25, -0.2) is 15.0 Å². The molecule has 0 radical (unpaired) electrons. The number of nitrogens with one attached hydrogen (secondary N) is 1. The number of methoxy groups -OCH3 is 1. The van der Waals surface area contributed by atoms with E-state index in [0.29, 0.717) is 5.56 Å². The lowest BCUT2D eigenvalue weighted by molar-refractivity contribution is -0.154. The number of carbonyl (C=O) groups is 2. The number of halogens is 3. The van der Waals surface area contributed by atoms with Crippen LogP contribution in [0.15, 0.2) is 24.5 Å². The first-order chi connectivity index (χ1) is 13.6. The molecule has 2 aromatic heterocycles. The Morgan fingerprint density at radius 2 is 2.00 bits per heavy atom. The van der Waals surface area contributed by atoms with Gasteiger partial charge in [0.05, 0.1) is 19.6 Å². The molecule has 1 amide bonds. The molecule has 2 heterocycles. The molecule has 0 aliphatic carbocycles. The molecule has 0 aliphatic rings. The van der Waals surface area contributed by atoms with Gasteiger partial charge in [0.15, 0.2) is 12.4 Å². The second-order valence-corrected chi connectivity index (χ2v) is 6.11. The molecular weight excluding hydrogens is 393 g/mol. The Balaban J connectivity index is 2.11. The second kappa shape index (κ2) is 9.30. The Morgan fingerprint density at radius 3 is 2.62 bits per heavy atom. The van der Waals surface area contributed by atoms with Crippen LogP contribution >= 0.6 is 0 Å². The molecule has 2 aromatic rings. The number of rotatable bonds is 8. The van der Waals surface area contributed by atoms with Gasteiger partial charge in [-0.05, 0) is 31.5 Å². The molecule has 29 heavy (non-hydrogen) atoms. The molecular formula is C18H19F3N4O4. The van der Waals surface area contributed by atoms with Gasteiger partial charge in [0, 0.05) is 12.4 Å². The zero-order valence-electron chi connectivity index (χ0n) is 15.9. The number of nitrogens with zero attached hydrogens (tertiary/aromatic N) is 3. The van der Waals surface area contributed by atoms with Crippen LogP contribution < -0.4 is 14.8 Å². The smallest absolute Gasteiger partial charge is 0.422 e. The lowest BCUT2D eigenvalue weighted by Crippen LogP contribution is -2.28. The minimum absolute atomic E-state index is 0.00127. The number of hydrogen-bond donors (Lipinski definition) is 1. The fourth-order valence-electron chi connectivity index (χ4n) is 2.28. The number of aromatic nitrogens is 3. The molecule has 0 saturated heterocycles. The molecule has 1 N–H and O–H groups in total. The third-order valence-corrected chi connectivity index (χ3v) is 3.62. The number of amides is 1. The van der Waals surface area contributed by atoms with E-state index in [1.807, 2.05) is 0 Å². The quantitative estimate of drug-likeness (QED) is 0.710. The number of alkyl halides is 3. The van der Waals surface area contributed by atoms with Crippen molar-refractivity contribution in [2.45, 2.75) is 32.5 Å². The highest BCUT2D eigenvalue weighted by atomic mass is 19.4. The molecule has 11 heteroatoms. The summed E-state index contributed by atoms with van der Waals surface area (Å²) in [6.45, 7) is 1.54. The van der Waals surface area contributed by atoms with E-state index in [1.165, 1.54) is 38.6 Å². The Kier molecular flexibility index (Phi) is 7.08. The summed E-state index contributed by atoms with van der Waals surface area (Å²) in [5, 5.41) is 2.69. The van der Waals surface area contributed by atoms with E-state index >= 15 is 0 Å². The average molecular weight is 412 g/mol. The summed E-state index contributed by atoms with van der Waals surface area (Å²) in [5.41, 5.74) is 0.556. The van der Waals surface area contributed by atoms with Gasteiger partial charge < -0.3 is 14.8 Å². The third-order valence-electron chi connectivity index (χ3n) is 3.62. The van der Waals surface area contributed by atoms with Crippen molar-refractivity contribution in [3.63, 3.8) is 0 Å². The van der Waals surface area contributed by atoms with Crippen molar-refractivity contribution in [3.05, 3.63) is 41.6 Å². The summed E-state index contributed by atoms with van der Waals surface area (Å²) in [4.78, 5) is 35.4. The number of ether oxygens (including phenoxy) is 2. The SMILES string of the molecule is COc1cc(C(C)NC(=O)c2ccnc(CC(C)=O)n2)cnc1OCC(F)(F)F. The second-order valence-electron chi connectivity index (χ2n) is 6.11. The van der Waals surface area contributed by atoms with E-state index in [-0.39, 0.29) is 35.4 Å². The normalized spacial score (nSPS) is 12.2. The van der Waals surface area contributed by atoms with E-state index in [0.717, 1.165) is 0 Å². The molecule has 1 atom stereocenters. The van der Waals surface area contributed by atoms with E-state index in [9.17, 15) is 22.8 Å². The number of ketones is 1. The number of Topliss-reactive ketones (excluding diaryl/α,β-unsaturated/α-hetero) is 1. The van der Waals surface area contributed by atoms with Gasteiger partial charge in [0.2, 0.25) is 0 Å². The lowest BCUT2D eigenvalue weighted by Gasteiger charge is -2.17. The molecule has 0 bridgehead atoms. The topological polar surface area (TPSA) is 103 Å². The third kappa shape index (κ3) is 6.70. The predicted molar refractivity (Wildman–Crippen MR) is 94.6 cm³/mol. The van der Waals surface area contributed by atoms with Crippen molar-refractivity contribution < 1.29 is 32.2 Å². The van der Waals surface area contributed by atoms with E-state index < -0.39 is 24.7 Å². The first-order valence-electron chi connectivity index (χ1n) is 8.44. The monoisotopic (exact) mass is 412 g/mol. The summed E-state index contributed by atoms with van der Waals surface area (Å²) in [6, 6.07) is 2.26. The molecule has 8 nitrogen and oxygen atoms in total. The van der Waals surface area contributed by atoms with Crippen LogP contribution in [0.25, 0.3) is 0 Å². The summed E-state index contributed by atoms with van der Waals surface area (Å²) >= 11 is 0. The lowest BCUT2D eigenvalue weighted by atomic mass is 10.1. The maximum absolute atomic E-state index is 12.4. The molecule has 0 fully saturated rings. The van der Waals surface area contributed by atoms with E-state index in [4.69, 9.17) is 4.74 Å². The molecule has 0 saturated carbocycles. The van der Waals surface area contributed by atoms with Crippen molar-refractivity contribution in [1.29, 1.82) is 0 Å². The number of pyridine rings is 1. The van der Waals surface area contributed by atoms with Gasteiger partial charge in [-0.15, -0.1) is 0 Å². The maximum atomic E-state index is 12.4. The fraction of sp³-hybridized carbons (Fsp3) is 0.389. The maximum Gasteiger partial charge on any atom is 0.422 e. The van der Waals surface area contributed by atoms with Gasteiger partial charge in [-0.1, -0.05) is 0 Å². The van der Waals surface area contributed by atoms with Crippen molar-refractivity contribution in [3.8, 4) is 11.6 Å². The van der Waals surface area contributed by atoms with Gasteiger partial charge in [-0.2, -0.15) is 13.2 Å². The predicted octanol–water partition coefficient (Wildman–Crippen LogP) is 2.44. The zero-order valence-corrected chi connectivity index (χ0v) is 15.9. The molecule has 2 rings (SSSR count). The van der Waals surface area contributed by atoms with Crippen LogP contribution in [0.4, 0.5) is 13.2 Å². The van der Waals surface area contributed by atoms with Crippen LogP contribution in [-0.2, 0) is 11.2 Å². The van der Waals surface area contributed by atoms with Crippen LogP contribution in [0.5, 0.6) is 11.6 Å². The molecule has 0 spiro atoms. The van der Waals surface area contributed by atoms with Gasteiger partial charge in [0.25, 0.3) is 11.8 Å². The zero-order chi connectivity index (χ0) is 21.6. The average Bonchev–Trinajstić information content (AvgIpc) is 2.65. The van der Waals surface area contributed by atoms with Crippen molar-refractivity contribution in [2.24, 2.45) is 0 Å². The first-order valence-corrected chi connectivity index (χ1v) is 8.44. The molecule has 0 aliphatic heterocycles. The van der Waals surface area contributed by atoms with Gasteiger partial charge >= 0.3 is 6.18 Å². The Labute approximate surface area is 164 Å². The molecule has 1 unspecified atom stereocenters. The number of carbonyl (C=O) groups excluding carboxylic acids is 2. The van der Waals surface area contributed by atoms with E-state index in [1.54, 1.807) is 6.92 Å². The summed E-state index contributed by atoms with van der Waals surface area (Å²) in [6.07, 6.45) is -1.84. The highest BCUT2D eigenvalue weighted by molar-refractivity contribution is 5.92. The van der Waals surface area contributed by atoms with Gasteiger partial charge in [-0.3, -0.25) is 9.59 Å². The molecule has 0 aromatic carbocycles. The minimum atomic E-state index is -4.51. The largest absolute Gasteiger partial charge is 0.491 e. The first kappa shape index (κ1) is 22.1. The molecule has 156 valence electrons. The van der Waals surface area contributed by atoms with Gasteiger partial charge in [0.1, 0.15) is 17.3 Å². The van der Waals surface area contributed by atoms with E-state index in [2.05, 4.69) is 25.0 Å². The standard InChI is InChI=1S/C18H19F3N4O4/c1-10(26)6-15-22-5-4-13(25-15)16(27)24-11(2)12-7-14(28-3)17(23-8-12)29-9-18(19,20)21/h4-5,7-8,11H,6,9H2,1-3H3,(H,24,27). The van der Waals surface area contributed by atoms with Crippen LogP contribution in [0.3, 0.4) is 0 Å². The summed E-state index contributed by atoms with van der Waals surface area (Å²) in [5.74, 6) is -0.731. The Bertz CT molecular complexity index is 890. The minimum Gasteiger partial charge on any atom is -0.491 e. The van der Waals surface area contributed by atoms with Crippen LogP contribution in [-0.4, -0.2) is 46.5 Å². The summed E-state index contributed by atoms with van der Waals surface area (Å²) in [7, 11) is 1.27. The van der Waals surface area contributed by atoms with Crippen molar-refractivity contribution in [1.82, 2.24) is 20.3 Å². The Hall–Kier alpha value is -3.24. The fourth-order valence-corrected chi connectivity index (χ4v) is 2.28. The summed E-state index contributed by atoms with van der Waals surface area (Å²) < 4.78 is 46.6.